The van der Waals surface area contributed by atoms with Crippen molar-refractivity contribution < 1.29 is 6.15 Å². The molecule has 0 spiro atoms. The summed E-state index contributed by atoms with van der Waals surface area (Å²) in [6.07, 6.45) is 2.06. The first-order valence-electron chi connectivity index (χ1n) is 5.45. The Hall–Kier alpha value is -1.22. The minimum atomic E-state index is 0.230. The third-order valence-electron chi connectivity index (χ3n) is 2.38. The van der Waals surface area contributed by atoms with Gasteiger partial charge < -0.3 is 15.8 Å². The van der Waals surface area contributed by atoms with Gasteiger partial charge in [0.15, 0.2) is 0 Å². The number of ether oxygens (including phenoxy) is 1. The lowest BCUT2D eigenvalue weighted by molar-refractivity contribution is 0.162. The molecule has 1 fully saturated rings. The molecule has 14 heavy (non-hydrogen) atoms. The van der Waals surface area contributed by atoms with Crippen LogP contribution >= 0.6 is 0 Å². The molecule has 0 bridgehead atoms. The number of nitrogens with two attached hydrogens (primary N) is 1. The molecule has 0 unspecified atom stereocenters. The third-order valence-corrected chi connectivity index (χ3v) is 2.38. The van der Waals surface area contributed by atoms with E-state index in [9.17, 15) is 0 Å². The normalized spacial score (nSPS) is 20.4. The fraction of sp³-hybridized carbons (Fsp3) is 0.455. The Labute approximate surface area is 85.7 Å². The Kier molecular flexibility index (Phi) is 2.51. The fourth-order valence-electron chi connectivity index (χ4n) is 1.62. The van der Waals surface area contributed by atoms with Crippen molar-refractivity contribution in [3.63, 3.8) is 0 Å². The maximum atomic E-state index is 7.43. The molecule has 0 atom stereocenters. The average Bonchev–Trinajstić information content (AvgIpc) is 2.22. The van der Waals surface area contributed by atoms with Crippen LogP contribution in [0.25, 0.3) is 0 Å². The van der Waals surface area contributed by atoms with E-state index in [4.69, 9.17) is 11.9 Å². The van der Waals surface area contributed by atoms with E-state index >= 15 is 0 Å². The Morgan fingerprint density at radius 1 is 1.43 bits per heavy atom. The van der Waals surface area contributed by atoms with Gasteiger partial charge in [0.1, 0.15) is 13.3 Å². The maximum absolute atomic E-state index is 7.43. The van der Waals surface area contributed by atoms with Gasteiger partial charge in [-0.3, -0.25) is 0 Å². The number of benzene rings is 1. The van der Waals surface area contributed by atoms with Crippen LogP contribution in [0.1, 0.15) is 12.8 Å². The highest BCUT2D eigenvalue weighted by Gasteiger charge is 2.13. The van der Waals surface area contributed by atoms with E-state index in [1.807, 2.05) is 24.3 Å². The average molecular weight is 194 g/mol. The van der Waals surface area contributed by atoms with Gasteiger partial charge in [0.05, 0.1) is 0 Å². The van der Waals surface area contributed by atoms with Crippen LogP contribution in [-0.4, -0.2) is 19.2 Å². The van der Waals surface area contributed by atoms with Crippen molar-refractivity contribution in [2.45, 2.75) is 18.9 Å². The highest BCUT2D eigenvalue weighted by atomic mass is 16.5. The first-order chi connectivity index (χ1) is 7.24. The Morgan fingerprint density at radius 3 is 2.93 bits per heavy atom. The summed E-state index contributed by atoms with van der Waals surface area (Å²) in [5.74, 6) is 0.832. The van der Waals surface area contributed by atoms with Crippen molar-refractivity contribution in [3.05, 3.63) is 24.3 Å². The van der Waals surface area contributed by atoms with Crippen molar-refractivity contribution in [3.8, 4) is 5.75 Å². The summed E-state index contributed by atoms with van der Waals surface area (Å²) < 4.78 is 13.2. The molecule has 1 saturated heterocycles. The molecule has 3 heteroatoms. The van der Waals surface area contributed by atoms with Gasteiger partial charge in [-0.2, -0.15) is 0 Å². The zero-order valence-corrected chi connectivity index (χ0v) is 8.15. The van der Waals surface area contributed by atoms with Gasteiger partial charge in [0, 0.05) is 11.8 Å². The van der Waals surface area contributed by atoms with Crippen LogP contribution in [0, 0.1) is 0 Å². The second-order valence-corrected chi connectivity index (χ2v) is 3.56. The highest BCUT2D eigenvalue weighted by molar-refractivity contribution is 5.43. The molecule has 1 heterocycles. The van der Waals surface area contributed by atoms with Gasteiger partial charge >= 0.3 is 0 Å². The second-order valence-electron chi connectivity index (χ2n) is 3.56. The van der Waals surface area contributed by atoms with Crippen LogP contribution < -0.4 is 15.8 Å². The summed E-state index contributed by atoms with van der Waals surface area (Å²) in [5, 5.41) is 1.58. The molecule has 1 aromatic rings. The van der Waals surface area contributed by atoms with Gasteiger partial charge in [-0.1, -0.05) is 6.07 Å². The van der Waals surface area contributed by atoms with Crippen molar-refractivity contribution >= 4 is 5.69 Å². The number of nitrogen functional groups attached to an aromatic ring is 1. The number of rotatable bonds is 2. The maximum Gasteiger partial charge on any atom is 0.122 e. The summed E-state index contributed by atoms with van der Waals surface area (Å²) in [6.45, 7) is 1.57. The molecular formula is C11H16N2O. The molecule has 0 aromatic heterocycles. The third kappa shape index (κ3) is 2.39. The van der Waals surface area contributed by atoms with E-state index < -0.39 is 0 Å². The number of anilines is 1. The molecule has 1 aliphatic rings. The molecule has 0 saturated carbocycles. The lowest BCUT2D eigenvalue weighted by atomic mass is 10.1. The molecule has 1 aromatic carbocycles. The van der Waals surface area contributed by atoms with E-state index in [1.165, 1.54) is 0 Å². The van der Waals surface area contributed by atoms with E-state index in [2.05, 4.69) is 0 Å². The Morgan fingerprint density at radius 2 is 2.21 bits per heavy atom. The zero-order chi connectivity index (χ0) is 10.7. The topological polar surface area (TPSA) is 47.3 Å². The van der Waals surface area contributed by atoms with Gasteiger partial charge in [0.25, 0.3) is 0 Å². The molecule has 3 N–H and O–H groups in total. The lowest BCUT2D eigenvalue weighted by Gasteiger charge is -2.23. The number of hydrogen-bond donors (Lipinski definition) is 2. The van der Waals surface area contributed by atoms with Gasteiger partial charge in [0.2, 0.25) is 0 Å². The summed E-state index contributed by atoms with van der Waals surface area (Å²) in [6, 6.07) is 7.50. The molecule has 0 amide bonds. The van der Waals surface area contributed by atoms with Crippen LogP contribution in [-0.2, 0) is 0 Å². The molecule has 1 aliphatic heterocycles. The standard InChI is InChI=1S/C11H16N2O/c12-9-2-1-3-11(8-9)14-10-4-6-13-7-5-10/h1-3,8,10,13H,4-7,12H2/i/hT. The van der Waals surface area contributed by atoms with E-state index in [-0.39, 0.29) is 6.10 Å². The van der Waals surface area contributed by atoms with Crippen molar-refractivity contribution in [2.24, 2.45) is 0 Å². The number of piperidine rings is 1. The van der Waals surface area contributed by atoms with Crippen molar-refractivity contribution in [1.29, 1.82) is 0 Å². The first kappa shape index (κ1) is 8.12. The van der Waals surface area contributed by atoms with Crippen LogP contribution in [0.5, 0.6) is 5.75 Å². The smallest absolute Gasteiger partial charge is 0.122 e. The van der Waals surface area contributed by atoms with Gasteiger partial charge in [-0.05, 0) is 38.1 Å². The molecule has 3 nitrogen and oxygen atoms in total. The fourth-order valence-corrected chi connectivity index (χ4v) is 1.62. The summed E-state index contributed by atoms with van der Waals surface area (Å²) in [7, 11) is 0. The Bertz CT molecular complexity index is 324. The highest BCUT2D eigenvalue weighted by Crippen LogP contribution is 2.18. The molecule has 0 radical (unpaired) electrons. The zero-order valence-electron chi connectivity index (χ0n) is 9.15. The predicted octanol–water partition coefficient (Wildman–Crippen LogP) is 1.40. The van der Waals surface area contributed by atoms with Crippen molar-refractivity contribution in [1.82, 2.24) is 5.31 Å². The van der Waals surface area contributed by atoms with Gasteiger partial charge in [-0.15, -0.1) is 0 Å². The SMILES string of the molecule is [3H]N1CCC(Oc2cccc(N)c2)CC1. The Balaban J connectivity index is 1.92. The summed E-state index contributed by atoms with van der Waals surface area (Å²) in [4.78, 5) is 0. The largest absolute Gasteiger partial charge is 0.490 e. The lowest BCUT2D eigenvalue weighted by Crippen LogP contribution is -2.34. The number of hydrogen-bond acceptors (Lipinski definition) is 3. The molecular weight excluding hydrogens is 176 g/mol. The van der Waals surface area contributed by atoms with Crippen LogP contribution in [0.3, 0.4) is 0 Å². The first-order valence-corrected chi connectivity index (χ1v) is 5.00. The van der Waals surface area contributed by atoms with Gasteiger partial charge in [-0.25, -0.2) is 0 Å². The minimum absolute atomic E-state index is 0.230. The van der Waals surface area contributed by atoms with E-state index in [1.54, 1.807) is 5.31 Å². The van der Waals surface area contributed by atoms with E-state index in [0.29, 0.717) is 0 Å². The minimum Gasteiger partial charge on any atom is -0.490 e. The summed E-state index contributed by atoms with van der Waals surface area (Å²) in [5.41, 5.74) is 6.39. The van der Waals surface area contributed by atoms with Crippen molar-refractivity contribution in [2.75, 3.05) is 18.8 Å². The molecule has 0 aliphatic carbocycles. The van der Waals surface area contributed by atoms with Crippen LogP contribution in [0.2, 0.25) is 1.41 Å². The summed E-state index contributed by atoms with van der Waals surface area (Å²) >= 11 is 0. The number of nitrogens with one attached hydrogen (secondary N) is 1. The molecule has 2 rings (SSSR count). The monoisotopic (exact) mass is 194 g/mol. The predicted molar refractivity (Wildman–Crippen MR) is 57.4 cm³/mol. The van der Waals surface area contributed by atoms with Crippen LogP contribution in [0.15, 0.2) is 24.3 Å². The second kappa shape index (κ2) is 4.33. The molecule has 76 valence electrons. The quantitative estimate of drug-likeness (QED) is 0.700. The van der Waals surface area contributed by atoms with E-state index in [0.717, 1.165) is 37.4 Å². The van der Waals surface area contributed by atoms with Crippen LogP contribution in [0.4, 0.5) is 5.69 Å².